The number of aryl methyl sites for hydroxylation is 1. The molecule has 180 valence electrons. The third-order valence-electron chi connectivity index (χ3n) is 7.09. The van der Waals surface area contributed by atoms with Crippen LogP contribution in [-0.4, -0.2) is 39.7 Å². The highest BCUT2D eigenvalue weighted by atomic mass is 16.7. The predicted molar refractivity (Wildman–Crippen MR) is 132 cm³/mol. The van der Waals surface area contributed by atoms with E-state index in [1.54, 1.807) is 0 Å². The molecule has 0 spiro atoms. The molecule has 1 saturated heterocycles. The van der Waals surface area contributed by atoms with Crippen molar-refractivity contribution in [3.05, 3.63) is 35.4 Å². The molecular weight excluding hydrogens is 413 g/mol. The Morgan fingerprint density at radius 1 is 1.09 bits per heavy atom. The van der Waals surface area contributed by atoms with Crippen molar-refractivity contribution in [2.45, 2.75) is 104 Å². The summed E-state index contributed by atoms with van der Waals surface area (Å²) in [4.78, 5) is 4.89. The third kappa shape index (κ3) is 5.63. The summed E-state index contributed by atoms with van der Waals surface area (Å²) in [5.74, 6) is 3.72. The van der Waals surface area contributed by atoms with E-state index in [0.29, 0.717) is 13.2 Å². The van der Waals surface area contributed by atoms with Gasteiger partial charge in [-0.3, -0.25) is 0 Å². The number of aromatic nitrogens is 3. The Kier molecular flexibility index (Phi) is 7.20. The molecule has 2 aromatic rings. The molecule has 0 bridgehead atoms. The van der Waals surface area contributed by atoms with Crippen LogP contribution in [0.2, 0.25) is 0 Å². The maximum absolute atomic E-state index is 6.31. The standard InChI is InChI=1S/C26H40BN3O3/c1-7-9-10-24-28-23(17-19-11-12-19)29-30(24)18-20-13-14-21(22(16-20)31-15-8-2)27-32-25(3,4)26(5,6)33-27/h13-14,16,19H,7-12,15,17-18H2,1-6H3. The van der Waals surface area contributed by atoms with Crippen LogP contribution in [0.1, 0.15) is 90.9 Å². The Labute approximate surface area is 199 Å². The van der Waals surface area contributed by atoms with Gasteiger partial charge < -0.3 is 14.0 Å². The maximum atomic E-state index is 6.31. The zero-order valence-electron chi connectivity index (χ0n) is 21.3. The zero-order chi connectivity index (χ0) is 23.6. The second-order valence-corrected chi connectivity index (χ2v) is 10.7. The van der Waals surface area contributed by atoms with Crippen molar-refractivity contribution in [3.8, 4) is 5.75 Å². The van der Waals surface area contributed by atoms with E-state index in [1.807, 2.05) is 0 Å². The molecule has 2 heterocycles. The van der Waals surface area contributed by atoms with Crippen LogP contribution in [0.3, 0.4) is 0 Å². The first kappa shape index (κ1) is 24.3. The number of hydrogen-bond acceptors (Lipinski definition) is 5. The molecular formula is C26H40BN3O3. The van der Waals surface area contributed by atoms with Gasteiger partial charge in [0, 0.05) is 18.3 Å². The maximum Gasteiger partial charge on any atom is 0.498 e. The average Bonchev–Trinajstić information content (AvgIpc) is 3.44. The summed E-state index contributed by atoms with van der Waals surface area (Å²) in [5.41, 5.74) is 1.34. The summed E-state index contributed by atoms with van der Waals surface area (Å²) in [5, 5.41) is 4.88. The lowest BCUT2D eigenvalue weighted by atomic mass is 9.78. The molecule has 0 atom stereocenters. The van der Waals surface area contributed by atoms with Gasteiger partial charge in [-0.2, -0.15) is 5.10 Å². The lowest BCUT2D eigenvalue weighted by Gasteiger charge is -2.32. The van der Waals surface area contributed by atoms with Crippen LogP contribution in [0.25, 0.3) is 0 Å². The number of hydrogen-bond donors (Lipinski definition) is 0. The molecule has 33 heavy (non-hydrogen) atoms. The van der Waals surface area contributed by atoms with Gasteiger partial charge in [0.05, 0.1) is 24.4 Å². The normalized spacial score (nSPS) is 19.3. The fourth-order valence-corrected chi connectivity index (χ4v) is 4.09. The van der Waals surface area contributed by atoms with Crippen molar-refractivity contribution in [1.82, 2.24) is 14.8 Å². The van der Waals surface area contributed by atoms with Crippen molar-refractivity contribution in [3.63, 3.8) is 0 Å². The van der Waals surface area contributed by atoms with Gasteiger partial charge in [0.15, 0.2) is 5.82 Å². The van der Waals surface area contributed by atoms with Gasteiger partial charge in [-0.25, -0.2) is 9.67 Å². The topological polar surface area (TPSA) is 58.4 Å². The lowest BCUT2D eigenvalue weighted by Crippen LogP contribution is -2.41. The molecule has 1 aromatic carbocycles. The molecule has 7 heteroatoms. The first-order valence-corrected chi connectivity index (χ1v) is 12.8. The van der Waals surface area contributed by atoms with Gasteiger partial charge in [0.1, 0.15) is 11.6 Å². The van der Waals surface area contributed by atoms with Gasteiger partial charge >= 0.3 is 7.12 Å². The molecule has 4 rings (SSSR count). The van der Waals surface area contributed by atoms with Gasteiger partial charge in [-0.15, -0.1) is 0 Å². The van der Waals surface area contributed by atoms with Crippen molar-refractivity contribution in [1.29, 1.82) is 0 Å². The second kappa shape index (κ2) is 9.79. The number of benzene rings is 1. The minimum atomic E-state index is -0.437. The molecule has 2 fully saturated rings. The summed E-state index contributed by atoms with van der Waals surface area (Å²) < 4.78 is 20.9. The van der Waals surface area contributed by atoms with E-state index in [9.17, 15) is 0 Å². The van der Waals surface area contributed by atoms with Crippen LogP contribution in [0.5, 0.6) is 5.75 Å². The minimum Gasteiger partial charge on any atom is -0.494 e. The number of unbranched alkanes of at least 4 members (excludes halogenated alkanes) is 1. The van der Waals surface area contributed by atoms with E-state index >= 15 is 0 Å². The largest absolute Gasteiger partial charge is 0.498 e. The summed E-state index contributed by atoms with van der Waals surface area (Å²) in [6.45, 7) is 14.0. The Balaban J connectivity index is 1.58. The van der Waals surface area contributed by atoms with Crippen molar-refractivity contribution in [2.24, 2.45) is 5.92 Å². The highest BCUT2D eigenvalue weighted by molar-refractivity contribution is 6.63. The van der Waals surface area contributed by atoms with Crippen molar-refractivity contribution < 1.29 is 14.0 Å². The highest BCUT2D eigenvalue weighted by Crippen LogP contribution is 2.37. The number of ether oxygens (including phenoxy) is 1. The van der Waals surface area contributed by atoms with Crippen LogP contribution in [0.15, 0.2) is 18.2 Å². The van der Waals surface area contributed by atoms with Crippen LogP contribution in [-0.2, 0) is 28.7 Å². The summed E-state index contributed by atoms with van der Waals surface area (Å²) in [7, 11) is -0.437. The molecule has 1 saturated carbocycles. The first-order chi connectivity index (χ1) is 15.7. The van der Waals surface area contributed by atoms with Crippen LogP contribution in [0, 0.1) is 5.92 Å². The zero-order valence-corrected chi connectivity index (χ0v) is 21.3. The molecule has 0 unspecified atom stereocenters. The molecule has 0 radical (unpaired) electrons. The second-order valence-electron chi connectivity index (χ2n) is 10.7. The summed E-state index contributed by atoms with van der Waals surface area (Å²) in [6, 6.07) is 6.36. The SMILES string of the molecule is CCCCc1nc(CC2CC2)nn1Cc1ccc(B2OC(C)(C)C(C)(C)O2)c(OCCC)c1. The van der Waals surface area contributed by atoms with Gasteiger partial charge in [-0.1, -0.05) is 32.4 Å². The Hall–Kier alpha value is -1.86. The molecule has 0 N–H and O–H groups in total. The van der Waals surface area contributed by atoms with Gasteiger partial charge in [-0.05, 0) is 70.9 Å². The minimum absolute atomic E-state index is 0.384. The van der Waals surface area contributed by atoms with E-state index in [-0.39, 0.29) is 11.2 Å². The van der Waals surface area contributed by atoms with E-state index in [4.69, 9.17) is 24.1 Å². The molecule has 1 aliphatic carbocycles. The predicted octanol–water partition coefficient (Wildman–Crippen LogP) is 4.71. The van der Waals surface area contributed by atoms with Crippen molar-refractivity contribution >= 4 is 12.6 Å². The summed E-state index contributed by atoms with van der Waals surface area (Å²) >= 11 is 0. The van der Waals surface area contributed by atoms with Gasteiger partial charge in [0.25, 0.3) is 0 Å². The monoisotopic (exact) mass is 453 g/mol. The molecule has 1 aliphatic heterocycles. The number of nitrogens with zero attached hydrogens (tertiary/aromatic N) is 3. The molecule has 6 nitrogen and oxygen atoms in total. The quantitative estimate of drug-likeness (QED) is 0.462. The van der Waals surface area contributed by atoms with Crippen LogP contribution >= 0.6 is 0 Å². The van der Waals surface area contributed by atoms with E-state index in [0.717, 1.165) is 66.4 Å². The van der Waals surface area contributed by atoms with E-state index in [1.165, 1.54) is 12.8 Å². The fraction of sp³-hybridized carbons (Fsp3) is 0.692. The lowest BCUT2D eigenvalue weighted by molar-refractivity contribution is 0.00578. The van der Waals surface area contributed by atoms with Gasteiger partial charge in [0.2, 0.25) is 0 Å². The molecule has 1 aromatic heterocycles. The Morgan fingerprint density at radius 2 is 1.82 bits per heavy atom. The Bertz CT molecular complexity index is 936. The average molecular weight is 453 g/mol. The number of rotatable bonds is 11. The van der Waals surface area contributed by atoms with Crippen LogP contribution in [0.4, 0.5) is 0 Å². The van der Waals surface area contributed by atoms with E-state index in [2.05, 4.69) is 64.4 Å². The Morgan fingerprint density at radius 3 is 2.45 bits per heavy atom. The van der Waals surface area contributed by atoms with Crippen LogP contribution < -0.4 is 10.2 Å². The third-order valence-corrected chi connectivity index (χ3v) is 7.09. The molecule has 2 aliphatic rings. The molecule has 0 amide bonds. The van der Waals surface area contributed by atoms with E-state index < -0.39 is 7.12 Å². The highest BCUT2D eigenvalue weighted by Gasteiger charge is 2.52. The first-order valence-electron chi connectivity index (χ1n) is 12.8. The fourth-order valence-electron chi connectivity index (χ4n) is 4.09. The smallest absolute Gasteiger partial charge is 0.494 e. The summed E-state index contributed by atoms with van der Waals surface area (Å²) in [6.07, 6.45) is 7.85. The van der Waals surface area contributed by atoms with Crippen molar-refractivity contribution in [2.75, 3.05) is 6.61 Å².